The molecule has 0 aliphatic carbocycles. The van der Waals surface area contributed by atoms with Crippen molar-refractivity contribution in [1.82, 2.24) is 14.8 Å². The summed E-state index contributed by atoms with van der Waals surface area (Å²) in [6.45, 7) is 4.04. The number of thioether (sulfide) groups is 1. The number of nitrogen functional groups attached to an aromatic ring is 1. The molecule has 6 nitrogen and oxygen atoms in total. The van der Waals surface area contributed by atoms with Crippen LogP contribution in [0.5, 0.6) is 0 Å². The van der Waals surface area contributed by atoms with E-state index in [0.29, 0.717) is 18.1 Å². The average molecular weight is 305 g/mol. The molecule has 0 saturated carbocycles. The maximum Gasteiger partial charge on any atom is 0.225 e. The maximum absolute atomic E-state index is 11.8. The van der Waals surface area contributed by atoms with Crippen LogP contribution in [0.1, 0.15) is 26.3 Å². The predicted octanol–water partition coefficient (Wildman–Crippen LogP) is 2.56. The Balaban J connectivity index is 1.83. The van der Waals surface area contributed by atoms with Gasteiger partial charge in [0.1, 0.15) is 0 Å². The van der Waals surface area contributed by atoms with E-state index in [-0.39, 0.29) is 11.9 Å². The van der Waals surface area contributed by atoms with Gasteiger partial charge in [0.25, 0.3) is 0 Å². The minimum absolute atomic E-state index is 0.0164. The Kier molecular flexibility index (Phi) is 5.21. The molecule has 1 aromatic carbocycles. The lowest BCUT2D eigenvalue weighted by Gasteiger charge is -2.11. The number of hydrogen-bond donors (Lipinski definition) is 2. The number of anilines is 2. The Morgan fingerprint density at radius 1 is 1.33 bits per heavy atom. The van der Waals surface area contributed by atoms with Crippen LogP contribution in [0.3, 0.4) is 0 Å². The van der Waals surface area contributed by atoms with Gasteiger partial charge in [0.2, 0.25) is 11.9 Å². The van der Waals surface area contributed by atoms with Crippen LogP contribution in [-0.2, 0) is 4.79 Å². The molecule has 112 valence electrons. The van der Waals surface area contributed by atoms with Gasteiger partial charge in [0.05, 0.1) is 0 Å². The Labute approximate surface area is 128 Å². The zero-order valence-corrected chi connectivity index (χ0v) is 12.9. The fraction of sp³-hybridized carbons (Fsp3) is 0.357. The van der Waals surface area contributed by atoms with Crippen LogP contribution in [0.15, 0.2) is 35.5 Å². The highest BCUT2D eigenvalue weighted by Crippen LogP contribution is 2.23. The lowest BCUT2D eigenvalue weighted by molar-refractivity contribution is -0.115. The van der Waals surface area contributed by atoms with Crippen molar-refractivity contribution in [2.75, 3.05) is 16.8 Å². The number of carbonyl (C=O) groups is 1. The van der Waals surface area contributed by atoms with Gasteiger partial charge in [-0.2, -0.15) is 0 Å². The van der Waals surface area contributed by atoms with E-state index in [1.165, 1.54) is 11.8 Å². The lowest BCUT2D eigenvalue weighted by Crippen LogP contribution is -2.12. The molecular weight excluding hydrogens is 286 g/mol. The standard InChI is InChI=1S/C14H19N5OS/c1-10(2)19-13(15)17-18-14(19)21-9-8-12(20)16-11-6-4-3-5-7-11/h3-7,10H,8-9H2,1-2H3,(H2,15,17)(H,16,20). The molecule has 0 bridgehead atoms. The minimum atomic E-state index is -0.0164. The van der Waals surface area contributed by atoms with Crippen LogP contribution in [0, 0.1) is 0 Å². The van der Waals surface area contributed by atoms with E-state index in [1.54, 1.807) is 0 Å². The van der Waals surface area contributed by atoms with Gasteiger partial charge in [0.15, 0.2) is 5.16 Å². The fourth-order valence-electron chi connectivity index (χ4n) is 1.85. The van der Waals surface area contributed by atoms with Crippen molar-refractivity contribution in [3.63, 3.8) is 0 Å². The zero-order chi connectivity index (χ0) is 15.2. The quantitative estimate of drug-likeness (QED) is 0.801. The van der Waals surface area contributed by atoms with Gasteiger partial charge in [-0.25, -0.2) is 0 Å². The monoisotopic (exact) mass is 305 g/mol. The number of nitrogens with two attached hydrogens (primary N) is 1. The van der Waals surface area contributed by atoms with Gasteiger partial charge in [-0.05, 0) is 26.0 Å². The summed E-state index contributed by atoms with van der Waals surface area (Å²) in [7, 11) is 0. The highest BCUT2D eigenvalue weighted by atomic mass is 32.2. The van der Waals surface area contributed by atoms with Crippen molar-refractivity contribution in [3.05, 3.63) is 30.3 Å². The third-order valence-electron chi connectivity index (χ3n) is 2.83. The van der Waals surface area contributed by atoms with Gasteiger partial charge >= 0.3 is 0 Å². The summed E-state index contributed by atoms with van der Waals surface area (Å²) < 4.78 is 1.86. The molecule has 1 heterocycles. The summed E-state index contributed by atoms with van der Waals surface area (Å²) in [5.41, 5.74) is 6.58. The molecule has 0 unspecified atom stereocenters. The van der Waals surface area contributed by atoms with E-state index in [2.05, 4.69) is 15.5 Å². The van der Waals surface area contributed by atoms with Crippen molar-refractivity contribution in [2.45, 2.75) is 31.5 Å². The van der Waals surface area contributed by atoms with E-state index in [1.807, 2.05) is 48.7 Å². The molecular formula is C14H19N5OS. The number of amides is 1. The van der Waals surface area contributed by atoms with Crippen molar-refractivity contribution in [1.29, 1.82) is 0 Å². The molecule has 0 atom stereocenters. The highest BCUT2D eigenvalue weighted by Gasteiger charge is 2.13. The van der Waals surface area contributed by atoms with E-state index in [9.17, 15) is 4.79 Å². The molecule has 21 heavy (non-hydrogen) atoms. The molecule has 3 N–H and O–H groups in total. The van der Waals surface area contributed by atoms with Gasteiger partial charge in [-0.1, -0.05) is 30.0 Å². The Morgan fingerprint density at radius 2 is 2.05 bits per heavy atom. The molecule has 2 rings (SSSR count). The summed E-state index contributed by atoms with van der Waals surface area (Å²) in [6, 6.07) is 9.61. The van der Waals surface area contributed by atoms with E-state index >= 15 is 0 Å². The normalized spacial score (nSPS) is 10.8. The van der Waals surface area contributed by atoms with Crippen LogP contribution in [0.4, 0.5) is 11.6 Å². The topological polar surface area (TPSA) is 85.8 Å². The van der Waals surface area contributed by atoms with Crippen LogP contribution in [0.2, 0.25) is 0 Å². The molecule has 1 amide bonds. The number of nitrogens with one attached hydrogen (secondary N) is 1. The second kappa shape index (κ2) is 7.12. The smallest absolute Gasteiger partial charge is 0.225 e. The summed E-state index contributed by atoms with van der Waals surface area (Å²) >= 11 is 1.48. The van der Waals surface area contributed by atoms with E-state index in [4.69, 9.17) is 5.73 Å². The van der Waals surface area contributed by atoms with E-state index in [0.717, 1.165) is 10.8 Å². The molecule has 0 fully saturated rings. The third kappa shape index (κ3) is 4.22. The molecule has 0 saturated heterocycles. The minimum Gasteiger partial charge on any atom is -0.368 e. The first-order chi connectivity index (χ1) is 10.1. The molecule has 0 spiro atoms. The number of nitrogens with zero attached hydrogens (tertiary/aromatic N) is 3. The van der Waals surface area contributed by atoms with Crippen LogP contribution >= 0.6 is 11.8 Å². The number of rotatable bonds is 6. The predicted molar refractivity (Wildman–Crippen MR) is 85.2 cm³/mol. The van der Waals surface area contributed by atoms with Gasteiger partial charge in [0, 0.05) is 23.9 Å². The van der Waals surface area contributed by atoms with Crippen LogP contribution < -0.4 is 11.1 Å². The van der Waals surface area contributed by atoms with Gasteiger partial charge < -0.3 is 11.1 Å². The second-order valence-corrected chi connectivity index (χ2v) is 5.88. The first kappa shape index (κ1) is 15.4. The summed E-state index contributed by atoms with van der Waals surface area (Å²) in [4.78, 5) is 11.8. The Bertz CT molecular complexity index is 597. The molecule has 1 aromatic heterocycles. The van der Waals surface area contributed by atoms with Crippen molar-refractivity contribution in [3.8, 4) is 0 Å². The summed E-state index contributed by atoms with van der Waals surface area (Å²) in [5, 5.41) is 11.5. The molecule has 0 aliphatic heterocycles. The molecule has 7 heteroatoms. The Hall–Kier alpha value is -2.02. The van der Waals surface area contributed by atoms with Crippen LogP contribution in [0.25, 0.3) is 0 Å². The van der Waals surface area contributed by atoms with E-state index < -0.39 is 0 Å². The number of carbonyl (C=O) groups excluding carboxylic acids is 1. The van der Waals surface area contributed by atoms with Crippen molar-refractivity contribution in [2.24, 2.45) is 0 Å². The van der Waals surface area contributed by atoms with Crippen molar-refractivity contribution >= 4 is 29.3 Å². The third-order valence-corrected chi connectivity index (χ3v) is 3.77. The SMILES string of the molecule is CC(C)n1c(N)nnc1SCCC(=O)Nc1ccccc1. The van der Waals surface area contributed by atoms with Gasteiger partial charge in [-0.15, -0.1) is 10.2 Å². The maximum atomic E-state index is 11.8. The fourth-order valence-corrected chi connectivity index (χ4v) is 2.86. The molecule has 2 aromatic rings. The lowest BCUT2D eigenvalue weighted by atomic mass is 10.3. The summed E-state index contributed by atoms with van der Waals surface area (Å²) in [6.07, 6.45) is 0.407. The zero-order valence-electron chi connectivity index (χ0n) is 12.1. The second-order valence-electron chi connectivity index (χ2n) is 4.82. The number of benzene rings is 1. The van der Waals surface area contributed by atoms with Crippen molar-refractivity contribution < 1.29 is 4.79 Å². The highest BCUT2D eigenvalue weighted by molar-refractivity contribution is 7.99. The molecule has 0 radical (unpaired) electrons. The van der Waals surface area contributed by atoms with Gasteiger partial charge in [-0.3, -0.25) is 9.36 Å². The number of para-hydroxylation sites is 1. The number of aromatic nitrogens is 3. The van der Waals surface area contributed by atoms with Crippen LogP contribution in [-0.4, -0.2) is 26.4 Å². The Morgan fingerprint density at radius 3 is 2.71 bits per heavy atom. The number of hydrogen-bond acceptors (Lipinski definition) is 5. The molecule has 0 aliphatic rings. The summed E-state index contributed by atoms with van der Waals surface area (Å²) in [5.74, 6) is 1.02. The average Bonchev–Trinajstić information content (AvgIpc) is 2.81. The first-order valence-electron chi connectivity index (χ1n) is 6.76. The first-order valence-corrected chi connectivity index (χ1v) is 7.74. The largest absolute Gasteiger partial charge is 0.368 e.